The maximum atomic E-state index is 5.99. The predicted octanol–water partition coefficient (Wildman–Crippen LogP) is 2.02. The van der Waals surface area contributed by atoms with E-state index in [-0.39, 0.29) is 0 Å². The fraction of sp³-hybridized carbons (Fsp3) is 0.786. The van der Waals surface area contributed by atoms with Gasteiger partial charge in [-0.25, -0.2) is 0 Å². The van der Waals surface area contributed by atoms with Crippen LogP contribution in [-0.2, 0) is 6.54 Å². The van der Waals surface area contributed by atoms with Crippen molar-refractivity contribution in [2.24, 2.45) is 11.7 Å². The maximum Gasteiger partial charge on any atom is 0.0538 e. The summed E-state index contributed by atoms with van der Waals surface area (Å²) in [5.74, 6) is 0.854. The Labute approximate surface area is 110 Å². The van der Waals surface area contributed by atoms with Gasteiger partial charge in [0.25, 0.3) is 0 Å². The van der Waals surface area contributed by atoms with Gasteiger partial charge < -0.3 is 5.73 Å². The van der Waals surface area contributed by atoms with Crippen molar-refractivity contribution in [1.82, 2.24) is 14.7 Å². The van der Waals surface area contributed by atoms with Gasteiger partial charge in [-0.05, 0) is 45.2 Å². The van der Waals surface area contributed by atoms with Crippen molar-refractivity contribution in [3.8, 4) is 0 Å². The van der Waals surface area contributed by atoms with Gasteiger partial charge >= 0.3 is 0 Å². The number of rotatable bonds is 4. The Kier molecular flexibility index (Phi) is 4.78. The first-order chi connectivity index (χ1) is 8.74. The Bertz CT molecular complexity index is 360. The molecular formula is C14H26N4. The molecule has 1 fully saturated rings. The van der Waals surface area contributed by atoms with Crippen LogP contribution in [0, 0.1) is 5.92 Å². The Balaban J connectivity index is 2.07. The van der Waals surface area contributed by atoms with Gasteiger partial charge in [-0.1, -0.05) is 6.92 Å². The van der Waals surface area contributed by atoms with Gasteiger partial charge in [-0.2, -0.15) is 5.10 Å². The van der Waals surface area contributed by atoms with Crippen LogP contribution in [0.3, 0.4) is 0 Å². The lowest BCUT2D eigenvalue weighted by atomic mass is 10.0. The molecule has 1 aliphatic heterocycles. The molecule has 1 aliphatic rings. The smallest absolute Gasteiger partial charge is 0.0538 e. The van der Waals surface area contributed by atoms with Crippen molar-refractivity contribution in [3.05, 3.63) is 18.0 Å². The summed E-state index contributed by atoms with van der Waals surface area (Å²) in [5.41, 5.74) is 7.27. The van der Waals surface area contributed by atoms with E-state index in [1.165, 1.54) is 37.9 Å². The molecule has 0 spiro atoms. The molecule has 4 heteroatoms. The number of aromatic nitrogens is 2. The molecule has 4 nitrogen and oxygen atoms in total. The fourth-order valence-corrected chi connectivity index (χ4v) is 2.82. The van der Waals surface area contributed by atoms with E-state index in [9.17, 15) is 0 Å². The van der Waals surface area contributed by atoms with Gasteiger partial charge in [0.05, 0.1) is 12.2 Å². The van der Waals surface area contributed by atoms with Crippen LogP contribution in [0.15, 0.2) is 12.4 Å². The summed E-state index contributed by atoms with van der Waals surface area (Å²) in [6, 6.07) is 0.343. The molecule has 0 saturated carbocycles. The highest BCUT2D eigenvalue weighted by molar-refractivity contribution is 5.11. The van der Waals surface area contributed by atoms with Crippen LogP contribution in [0.4, 0.5) is 0 Å². The monoisotopic (exact) mass is 250 g/mol. The summed E-state index contributed by atoms with van der Waals surface area (Å²) in [4.78, 5) is 2.54. The molecule has 1 aromatic rings. The van der Waals surface area contributed by atoms with Gasteiger partial charge in [0.1, 0.15) is 0 Å². The van der Waals surface area contributed by atoms with Crippen molar-refractivity contribution < 1.29 is 0 Å². The Morgan fingerprint density at radius 3 is 2.94 bits per heavy atom. The first-order valence-electron chi connectivity index (χ1n) is 7.21. The highest BCUT2D eigenvalue weighted by atomic mass is 15.3. The molecular weight excluding hydrogens is 224 g/mol. The molecule has 1 saturated heterocycles. The van der Waals surface area contributed by atoms with Crippen molar-refractivity contribution in [2.45, 2.75) is 45.7 Å². The fourth-order valence-electron chi connectivity index (χ4n) is 2.82. The number of hydrogen-bond acceptors (Lipinski definition) is 3. The van der Waals surface area contributed by atoms with Gasteiger partial charge in [0.2, 0.25) is 0 Å². The van der Waals surface area contributed by atoms with Gasteiger partial charge in [0.15, 0.2) is 0 Å². The third-order valence-electron chi connectivity index (χ3n) is 4.08. The standard InChI is InChI=1S/C14H26N4/c1-3-18-11-13(10-16-18)14(9-15)17-7-4-5-12(2)6-8-17/h10-12,14H,3-9,15H2,1-2H3. The predicted molar refractivity (Wildman–Crippen MR) is 74.3 cm³/mol. The number of likely N-dealkylation sites (tertiary alicyclic amines) is 1. The molecule has 2 unspecified atom stereocenters. The molecule has 18 heavy (non-hydrogen) atoms. The van der Waals surface area contributed by atoms with Crippen molar-refractivity contribution in [1.29, 1.82) is 0 Å². The van der Waals surface area contributed by atoms with Crippen molar-refractivity contribution in [3.63, 3.8) is 0 Å². The van der Waals surface area contributed by atoms with Crippen LogP contribution in [0.2, 0.25) is 0 Å². The first kappa shape index (κ1) is 13.6. The Morgan fingerprint density at radius 2 is 2.28 bits per heavy atom. The number of aryl methyl sites for hydroxylation is 1. The van der Waals surface area contributed by atoms with Crippen LogP contribution in [0.1, 0.15) is 44.7 Å². The van der Waals surface area contributed by atoms with E-state index in [0.29, 0.717) is 12.6 Å². The topological polar surface area (TPSA) is 47.1 Å². The zero-order valence-corrected chi connectivity index (χ0v) is 11.7. The van der Waals surface area contributed by atoms with Crippen LogP contribution in [-0.4, -0.2) is 34.3 Å². The minimum atomic E-state index is 0.343. The number of hydrogen-bond donors (Lipinski definition) is 1. The molecule has 2 rings (SSSR count). The molecule has 0 aromatic carbocycles. The summed E-state index contributed by atoms with van der Waals surface area (Å²) in [6.45, 7) is 8.42. The summed E-state index contributed by atoms with van der Waals surface area (Å²) in [5, 5.41) is 4.37. The summed E-state index contributed by atoms with van der Waals surface area (Å²) < 4.78 is 1.98. The maximum absolute atomic E-state index is 5.99. The van der Waals surface area contributed by atoms with E-state index in [1.54, 1.807) is 0 Å². The highest BCUT2D eigenvalue weighted by Gasteiger charge is 2.22. The second-order valence-corrected chi connectivity index (χ2v) is 5.45. The second kappa shape index (κ2) is 6.34. The normalized spacial score (nSPS) is 23.8. The zero-order valence-electron chi connectivity index (χ0n) is 11.7. The third-order valence-corrected chi connectivity index (χ3v) is 4.08. The van der Waals surface area contributed by atoms with Gasteiger partial charge in [-0.3, -0.25) is 9.58 Å². The lowest BCUT2D eigenvalue weighted by molar-refractivity contribution is 0.207. The van der Waals surface area contributed by atoms with Crippen LogP contribution < -0.4 is 5.73 Å². The van der Waals surface area contributed by atoms with Crippen molar-refractivity contribution >= 4 is 0 Å². The Morgan fingerprint density at radius 1 is 1.44 bits per heavy atom. The Hall–Kier alpha value is -0.870. The van der Waals surface area contributed by atoms with Gasteiger partial charge in [-0.15, -0.1) is 0 Å². The van der Waals surface area contributed by atoms with E-state index < -0.39 is 0 Å². The first-order valence-corrected chi connectivity index (χ1v) is 7.21. The van der Waals surface area contributed by atoms with Crippen LogP contribution >= 0.6 is 0 Å². The SMILES string of the molecule is CCn1cc(C(CN)N2CCCC(C)CC2)cn1. The van der Waals surface area contributed by atoms with E-state index in [2.05, 4.69) is 30.0 Å². The molecule has 1 aromatic heterocycles. The molecule has 2 atom stereocenters. The van der Waals surface area contributed by atoms with Crippen LogP contribution in [0.5, 0.6) is 0 Å². The zero-order chi connectivity index (χ0) is 13.0. The van der Waals surface area contributed by atoms with Crippen molar-refractivity contribution in [2.75, 3.05) is 19.6 Å². The molecule has 2 heterocycles. The minimum absolute atomic E-state index is 0.343. The molecule has 0 amide bonds. The molecule has 2 N–H and O–H groups in total. The van der Waals surface area contributed by atoms with E-state index in [1.807, 2.05) is 10.9 Å². The summed E-state index contributed by atoms with van der Waals surface area (Å²) in [7, 11) is 0. The van der Waals surface area contributed by atoms with Crippen LogP contribution in [0.25, 0.3) is 0 Å². The summed E-state index contributed by atoms with van der Waals surface area (Å²) in [6.07, 6.45) is 8.06. The number of nitrogens with zero attached hydrogens (tertiary/aromatic N) is 3. The number of nitrogens with two attached hydrogens (primary N) is 1. The van der Waals surface area contributed by atoms with E-state index in [4.69, 9.17) is 5.73 Å². The lowest BCUT2D eigenvalue weighted by Crippen LogP contribution is -2.34. The minimum Gasteiger partial charge on any atom is -0.329 e. The highest BCUT2D eigenvalue weighted by Crippen LogP contribution is 2.25. The average Bonchev–Trinajstić information content (AvgIpc) is 2.75. The van der Waals surface area contributed by atoms with E-state index in [0.717, 1.165) is 12.5 Å². The lowest BCUT2D eigenvalue weighted by Gasteiger charge is -2.29. The quantitative estimate of drug-likeness (QED) is 0.889. The molecule has 102 valence electrons. The summed E-state index contributed by atoms with van der Waals surface area (Å²) >= 11 is 0. The molecule has 0 radical (unpaired) electrons. The van der Waals surface area contributed by atoms with Gasteiger partial charge in [0, 0.05) is 24.8 Å². The molecule has 0 bridgehead atoms. The van der Waals surface area contributed by atoms with E-state index >= 15 is 0 Å². The third kappa shape index (κ3) is 3.12. The average molecular weight is 250 g/mol. The molecule has 0 aliphatic carbocycles. The largest absolute Gasteiger partial charge is 0.329 e. The second-order valence-electron chi connectivity index (χ2n) is 5.45.